The molecule has 1 N–H and O–H groups in total. The van der Waals surface area contributed by atoms with Gasteiger partial charge in [0, 0.05) is 0 Å². The van der Waals surface area contributed by atoms with E-state index in [9.17, 15) is 5.11 Å². The van der Waals surface area contributed by atoms with E-state index >= 15 is 0 Å². The second-order valence-electron chi connectivity index (χ2n) is 3.15. The number of para-hydroxylation sites is 2. The van der Waals surface area contributed by atoms with Crippen molar-refractivity contribution < 1.29 is 14.6 Å². The molecule has 0 spiro atoms. The van der Waals surface area contributed by atoms with Gasteiger partial charge in [0.1, 0.15) is 18.8 Å². The highest BCUT2D eigenvalue weighted by Crippen LogP contribution is 2.28. The van der Waals surface area contributed by atoms with Gasteiger partial charge in [0.05, 0.1) is 5.88 Å². The van der Waals surface area contributed by atoms with Crippen molar-refractivity contribution in [3.05, 3.63) is 24.3 Å². The molecule has 0 radical (unpaired) electrons. The number of aromatic hydroxyl groups is 1. The van der Waals surface area contributed by atoms with Crippen LogP contribution in [0, 0.1) is 0 Å². The van der Waals surface area contributed by atoms with Gasteiger partial charge in [0.2, 0.25) is 0 Å². The fourth-order valence-electron chi connectivity index (χ4n) is 1.21. The van der Waals surface area contributed by atoms with Gasteiger partial charge in [0.15, 0.2) is 11.5 Å². The molecule has 0 amide bonds. The van der Waals surface area contributed by atoms with Crippen LogP contribution >= 0.6 is 11.6 Å². The maximum Gasteiger partial charge on any atom is 0.161 e. The molecule has 1 aliphatic heterocycles. The van der Waals surface area contributed by atoms with Gasteiger partial charge >= 0.3 is 0 Å². The standard InChI is InChI=1S/C10H11ClO3/c11-5-9-10(14-9)6-13-8-4-2-1-3-7(8)12/h1-4,9-10,12H,5-6H2. The average Bonchev–Trinajstić information content (AvgIpc) is 2.95. The molecule has 2 unspecified atom stereocenters. The van der Waals surface area contributed by atoms with Gasteiger partial charge in [-0.25, -0.2) is 0 Å². The molecule has 0 aliphatic carbocycles. The number of hydrogen-bond acceptors (Lipinski definition) is 3. The molecule has 4 heteroatoms. The van der Waals surface area contributed by atoms with E-state index in [0.29, 0.717) is 18.2 Å². The van der Waals surface area contributed by atoms with Crippen molar-refractivity contribution in [2.45, 2.75) is 12.2 Å². The maximum atomic E-state index is 9.38. The number of phenols is 1. The SMILES string of the molecule is Oc1ccccc1OCC1OC1CCl. The van der Waals surface area contributed by atoms with Crippen LogP contribution in [0.15, 0.2) is 24.3 Å². The molecule has 0 saturated carbocycles. The summed E-state index contributed by atoms with van der Waals surface area (Å²) in [6, 6.07) is 6.86. The van der Waals surface area contributed by atoms with Crippen molar-refractivity contribution in [2.75, 3.05) is 12.5 Å². The summed E-state index contributed by atoms with van der Waals surface area (Å²) >= 11 is 5.58. The monoisotopic (exact) mass is 214 g/mol. The quantitative estimate of drug-likeness (QED) is 0.614. The minimum atomic E-state index is 0.0760. The molecule has 1 fully saturated rings. The van der Waals surface area contributed by atoms with Crippen molar-refractivity contribution in [3.8, 4) is 11.5 Å². The highest BCUT2D eigenvalue weighted by atomic mass is 35.5. The molecule has 0 bridgehead atoms. The summed E-state index contributed by atoms with van der Waals surface area (Å²) in [6.45, 7) is 0.439. The Hall–Kier alpha value is -0.930. The van der Waals surface area contributed by atoms with Crippen LogP contribution < -0.4 is 4.74 Å². The number of benzene rings is 1. The summed E-state index contributed by atoms with van der Waals surface area (Å²) in [5.41, 5.74) is 0. The van der Waals surface area contributed by atoms with Gasteiger partial charge in [-0.3, -0.25) is 0 Å². The van der Waals surface area contributed by atoms with Gasteiger partial charge in [-0.15, -0.1) is 11.6 Å². The van der Waals surface area contributed by atoms with E-state index in [4.69, 9.17) is 21.1 Å². The van der Waals surface area contributed by atoms with Crippen molar-refractivity contribution in [2.24, 2.45) is 0 Å². The lowest BCUT2D eigenvalue weighted by atomic mass is 10.3. The molecule has 1 aromatic carbocycles. The molecule has 2 atom stereocenters. The summed E-state index contributed by atoms with van der Waals surface area (Å²) in [5, 5.41) is 9.38. The second-order valence-corrected chi connectivity index (χ2v) is 3.45. The highest BCUT2D eigenvalue weighted by Gasteiger charge is 2.38. The minimum absolute atomic E-state index is 0.0760. The smallest absolute Gasteiger partial charge is 0.161 e. The average molecular weight is 215 g/mol. The molecule has 1 saturated heterocycles. The first-order chi connectivity index (χ1) is 6.81. The lowest BCUT2D eigenvalue weighted by Gasteiger charge is -2.05. The van der Waals surface area contributed by atoms with Crippen molar-refractivity contribution in [3.63, 3.8) is 0 Å². The zero-order valence-electron chi connectivity index (χ0n) is 7.52. The number of ether oxygens (including phenoxy) is 2. The second kappa shape index (κ2) is 4.07. The zero-order valence-corrected chi connectivity index (χ0v) is 8.28. The minimum Gasteiger partial charge on any atom is -0.504 e. The first kappa shape index (κ1) is 9.62. The number of alkyl halides is 1. The molecular formula is C10H11ClO3. The summed E-state index contributed by atoms with van der Waals surface area (Å²) in [7, 11) is 0. The Morgan fingerprint density at radius 2 is 2.14 bits per heavy atom. The number of epoxide rings is 1. The Morgan fingerprint density at radius 3 is 2.79 bits per heavy atom. The van der Waals surface area contributed by atoms with Crippen LogP contribution in [0.2, 0.25) is 0 Å². The fourth-order valence-corrected chi connectivity index (χ4v) is 1.48. The third-order valence-corrected chi connectivity index (χ3v) is 2.41. The Morgan fingerprint density at radius 1 is 1.36 bits per heavy atom. The zero-order chi connectivity index (χ0) is 9.97. The Kier molecular flexibility index (Phi) is 2.79. The van der Waals surface area contributed by atoms with Gasteiger partial charge in [-0.05, 0) is 12.1 Å². The molecular weight excluding hydrogens is 204 g/mol. The molecule has 1 heterocycles. The fraction of sp³-hybridized carbons (Fsp3) is 0.400. The molecule has 1 aromatic rings. The van der Waals surface area contributed by atoms with E-state index in [0.717, 1.165) is 0 Å². The molecule has 14 heavy (non-hydrogen) atoms. The van der Waals surface area contributed by atoms with Gasteiger partial charge in [-0.2, -0.15) is 0 Å². The molecule has 2 rings (SSSR count). The van der Waals surface area contributed by atoms with Crippen molar-refractivity contribution in [1.29, 1.82) is 0 Å². The number of rotatable bonds is 4. The Labute approximate surface area is 87.2 Å². The predicted octanol–water partition coefficient (Wildman–Crippen LogP) is 1.78. The summed E-state index contributed by atoms with van der Waals surface area (Å²) in [6.07, 6.45) is 0.189. The first-order valence-corrected chi connectivity index (χ1v) is 4.97. The predicted molar refractivity (Wildman–Crippen MR) is 53.0 cm³/mol. The van der Waals surface area contributed by atoms with E-state index in [-0.39, 0.29) is 18.0 Å². The van der Waals surface area contributed by atoms with E-state index in [1.165, 1.54) is 0 Å². The molecule has 1 aliphatic rings. The molecule has 3 nitrogen and oxygen atoms in total. The van der Waals surface area contributed by atoms with Crippen LogP contribution in [0.4, 0.5) is 0 Å². The molecule has 76 valence electrons. The lowest BCUT2D eigenvalue weighted by molar-refractivity contribution is 0.252. The van der Waals surface area contributed by atoms with Crippen LogP contribution in [0.1, 0.15) is 0 Å². The Balaban J connectivity index is 1.84. The van der Waals surface area contributed by atoms with Crippen molar-refractivity contribution in [1.82, 2.24) is 0 Å². The number of hydrogen-bond donors (Lipinski definition) is 1. The molecule has 0 aromatic heterocycles. The summed E-state index contributed by atoms with van der Waals surface area (Å²) < 4.78 is 10.5. The van der Waals surface area contributed by atoms with Crippen LogP contribution in [0.25, 0.3) is 0 Å². The Bertz CT molecular complexity index is 316. The topological polar surface area (TPSA) is 42.0 Å². The largest absolute Gasteiger partial charge is 0.504 e. The van der Waals surface area contributed by atoms with Gasteiger partial charge < -0.3 is 14.6 Å². The lowest BCUT2D eigenvalue weighted by Crippen LogP contribution is -2.08. The van der Waals surface area contributed by atoms with Crippen LogP contribution in [-0.4, -0.2) is 29.8 Å². The third kappa shape index (κ3) is 2.11. The maximum absolute atomic E-state index is 9.38. The third-order valence-electron chi connectivity index (χ3n) is 2.11. The van der Waals surface area contributed by atoms with Gasteiger partial charge in [-0.1, -0.05) is 12.1 Å². The van der Waals surface area contributed by atoms with E-state index in [2.05, 4.69) is 0 Å². The van der Waals surface area contributed by atoms with Gasteiger partial charge in [0.25, 0.3) is 0 Å². The van der Waals surface area contributed by atoms with Crippen molar-refractivity contribution >= 4 is 11.6 Å². The van der Waals surface area contributed by atoms with E-state index in [1.54, 1.807) is 18.2 Å². The summed E-state index contributed by atoms with van der Waals surface area (Å²) in [4.78, 5) is 0. The summed E-state index contributed by atoms with van der Waals surface area (Å²) in [5.74, 6) is 1.13. The highest BCUT2D eigenvalue weighted by molar-refractivity contribution is 6.18. The van der Waals surface area contributed by atoms with E-state index in [1.807, 2.05) is 6.07 Å². The van der Waals surface area contributed by atoms with Crippen LogP contribution in [0.5, 0.6) is 11.5 Å². The number of halogens is 1. The first-order valence-electron chi connectivity index (χ1n) is 4.43. The van der Waals surface area contributed by atoms with Crippen LogP contribution in [0.3, 0.4) is 0 Å². The van der Waals surface area contributed by atoms with E-state index < -0.39 is 0 Å². The number of phenolic OH excluding ortho intramolecular Hbond substituents is 1. The normalized spacial score (nSPS) is 24.6. The van der Waals surface area contributed by atoms with Crippen LogP contribution in [-0.2, 0) is 4.74 Å².